The Balaban J connectivity index is 1.85. The molecule has 0 aromatic heterocycles. The normalized spacial score (nSPS) is 14.6. The molecule has 1 fully saturated rings. The van der Waals surface area contributed by atoms with Gasteiger partial charge in [0.1, 0.15) is 5.75 Å². The maximum atomic E-state index is 11.9. The van der Waals surface area contributed by atoms with Crippen molar-refractivity contribution in [1.29, 1.82) is 0 Å². The third kappa shape index (κ3) is 4.03. The standard InChI is InChI=1S/C15H21N3O4/c1-22-13-5-3-2-4-12(13)17-8-10-18(11-9-17)15(21)16-7-6-14(19)20/h2-5H,6-11H2,1H3,(H,16,21)(H,19,20). The van der Waals surface area contributed by atoms with Gasteiger partial charge in [-0.1, -0.05) is 12.1 Å². The first kappa shape index (κ1) is 15.9. The van der Waals surface area contributed by atoms with Crippen LogP contribution in [0.2, 0.25) is 0 Å². The quantitative estimate of drug-likeness (QED) is 0.848. The number of hydrogen-bond acceptors (Lipinski definition) is 4. The molecule has 2 amide bonds. The second-order valence-electron chi connectivity index (χ2n) is 5.02. The van der Waals surface area contributed by atoms with Crippen LogP contribution in [0.5, 0.6) is 5.75 Å². The molecule has 7 heteroatoms. The molecule has 1 aromatic rings. The van der Waals surface area contributed by atoms with Crippen LogP contribution in [-0.4, -0.2) is 61.8 Å². The molecule has 2 rings (SSSR count). The van der Waals surface area contributed by atoms with Crippen LogP contribution in [0.4, 0.5) is 10.5 Å². The molecule has 0 atom stereocenters. The molecule has 1 aliphatic rings. The molecule has 0 spiro atoms. The van der Waals surface area contributed by atoms with E-state index in [9.17, 15) is 9.59 Å². The van der Waals surface area contributed by atoms with Crippen molar-refractivity contribution >= 4 is 17.7 Å². The van der Waals surface area contributed by atoms with Crippen LogP contribution in [0, 0.1) is 0 Å². The second-order valence-corrected chi connectivity index (χ2v) is 5.02. The minimum Gasteiger partial charge on any atom is -0.495 e. The molecular formula is C15H21N3O4. The Morgan fingerprint density at radius 1 is 1.23 bits per heavy atom. The van der Waals surface area contributed by atoms with Crippen molar-refractivity contribution in [3.8, 4) is 5.75 Å². The van der Waals surface area contributed by atoms with Gasteiger partial charge in [-0.3, -0.25) is 4.79 Å². The van der Waals surface area contributed by atoms with Crippen molar-refractivity contribution in [2.45, 2.75) is 6.42 Å². The van der Waals surface area contributed by atoms with Gasteiger partial charge >= 0.3 is 12.0 Å². The van der Waals surface area contributed by atoms with Crippen molar-refractivity contribution in [3.63, 3.8) is 0 Å². The minimum atomic E-state index is -0.915. The number of nitrogens with one attached hydrogen (secondary N) is 1. The number of benzene rings is 1. The summed E-state index contributed by atoms with van der Waals surface area (Å²) >= 11 is 0. The SMILES string of the molecule is COc1ccccc1N1CCN(C(=O)NCCC(=O)O)CC1. The third-order valence-corrected chi connectivity index (χ3v) is 3.61. The molecule has 120 valence electrons. The minimum absolute atomic E-state index is 0.0626. The number of anilines is 1. The Morgan fingerprint density at radius 2 is 1.91 bits per heavy atom. The van der Waals surface area contributed by atoms with Crippen LogP contribution in [0.3, 0.4) is 0 Å². The van der Waals surface area contributed by atoms with E-state index in [-0.39, 0.29) is 19.0 Å². The van der Waals surface area contributed by atoms with Gasteiger partial charge in [0.25, 0.3) is 0 Å². The number of carbonyl (C=O) groups excluding carboxylic acids is 1. The number of urea groups is 1. The van der Waals surface area contributed by atoms with E-state index < -0.39 is 5.97 Å². The van der Waals surface area contributed by atoms with E-state index >= 15 is 0 Å². The molecule has 22 heavy (non-hydrogen) atoms. The lowest BCUT2D eigenvalue weighted by Crippen LogP contribution is -2.52. The molecule has 1 aliphatic heterocycles. The highest BCUT2D eigenvalue weighted by molar-refractivity contribution is 5.75. The summed E-state index contributed by atoms with van der Waals surface area (Å²) in [4.78, 5) is 26.2. The van der Waals surface area contributed by atoms with Gasteiger partial charge in [0.15, 0.2) is 0 Å². The number of hydrogen-bond donors (Lipinski definition) is 2. The average molecular weight is 307 g/mol. The summed E-state index contributed by atoms with van der Waals surface area (Å²) in [6.45, 7) is 2.77. The van der Waals surface area contributed by atoms with Crippen molar-refractivity contribution < 1.29 is 19.4 Å². The fourth-order valence-corrected chi connectivity index (χ4v) is 2.43. The molecule has 0 radical (unpaired) electrons. The van der Waals surface area contributed by atoms with E-state index in [1.165, 1.54) is 0 Å². The Labute approximate surface area is 129 Å². The van der Waals surface area contributed by atoms with Crippen LogP contribution in [0.1, 0.15) is 6.42 Å². The van der Waals surface area contributed by atoms with Gasteiger partial charge in [0.2, 0.25) is 0 Å². The van der Waals surface area contributed by atoms with E-state index in [1.807, 2.05) is 24.3 Å². The summed E-state index contributed by atoms with van der Waals surface area (Å²) < 4.78 is 5.36. The van der Waals surface area contributed by atoms with Crippen molar-refractivity contribution in [2.75, 3.05) is 44.7 Å². The average Bonchev–Trinajstić information content (AvgIpc) is 2.54. The van der Waals surface area contributed by atoms with Gasteiger partial charge in [-0.25, -0.2) is 4.79 Å². The van der Waals surface area contributed by atoms with Gasteiger partial charge in [0.05, 0.1) is 19.2 Å². The number of ether oxygens (including phenoxy) is 1. The number of carbonyl (C=O) groups is 2. The number of carboxylic acids is 1. The Kier molecular flexibility index (Phi) is 5.46. The lowest BCUT2D eigenvalue weighted by atomic mass is 10.2. The molecule has 1 aromatic carbocycles. The van der Waals surface area contributed by atoms with Crippen LogP contribution >= 0.6 is 0 Å². The maximum absolute atomic E-state index is 11.9. The van der Waals surface area contributed by atoms with Gasteiger partial charge in [-0.05, 0) is 12.1 Å². The number of aliphatic carboxylic acids is 1. The second kappa shape index (κ2) is 7.53. The number of nitrogens with zero attached hydrogens (tertiary/aromatic N) is 2. The van der Waals surface area contributed by atoms with E-state index in [1.54, 1.807) is 12.0 Å². The zero-order valence-electron chi connectivity index (χ0n) is 12.6. The van der Waals surface area contributed by atoms with Crippen LogP contribution in [-0.2, 0) is 4.79 Å². The molecule has 7 nitrogen and oxygen atoms in total. The van der Waals surface area contributed by atoms with E-state index in [0.29, 0.717) is 26.2 Å². The molecule has 0 saturated carbocycles. The third-order valence-electron chi connectivity index (χ3n) is 3.61. The van der Waals surface area contributed by atoms with Crippen molar-refractivity contribution in [1.82, 2.24) is 10.2 Å². The summed E-state index contributed by atoms with van der Waals surface area (Å²) in [6.07, 6.45) is -0.0626. The molecular weight excluding hydrogens is 286 g/mol. The highest BCUT2D eigenvalue weighted by atomic mass is 16.5. The predicted molar refractivity (Wildman–Crippen MR) is 82.4 cm³/mol. The van der Waals surface area contributed by atoms with E-state index in [0.717, 1.165) is 11.4 Å². The number of rotatable bonds is 5. The van der Waals surface area contributed by atoms with Crippen molar-refractivity contribution in [3.05, 3.63) is 24.3 Å². The number of methoxy groups -OCH3 is 1. The van der Waals surface area contributed by atoms with Crippen LogP contribution in [0.25, 0.3) is 0 Å². The Morgan fingerprint density at radius 3 is 2.55 bits per heavy atom. The van der Waals surface area contributed by atoms with Crippen LogP contribution < -0.4 is 15.0 Å². The predicted octanol–water partition coefficient (Wildman–Crippen LogP) is 1.00. The van der Waals surface area contributed by atoms with Gasteiger partial charge in [-0.2, -0.15) is 0 Å². The van der Waals surface area contributed by atoms with Crippen molar-refractivity contribution in [2.24, 2.45) is 0 Å². The molecule has 1 heterocycles. The Hall–Kier alpha value is -2.44. The first-order valence-corrected chi connectivity index (χ1v) is 7.24. The fourth-order valence-electron chi connectivity index (χ4n) is 2.43. The fraction of sp³-hybridized carbons (Fsp3) is 0.467. The molecule has 0 bridgehead atoms. The maximum Gasteiger partial charge on any atom is 0.317 e. The highest BCUT2D eigenvalue weighted by Gasteiger charge is 2.22. The lowest BCUT2D eigenvalue weighted by Gasteiger charge is -2.36. The monoisotopic (exact) mass is 307 g/mol. The van der Waals surface area contributed by atoms with Gasteiger partial charge < -0.3 is 25.0 Å². The number of piperazine rings is 1. The largest absolute Gasteiger partial charge is 0.495 e. The zero-order valence-corrected chi connectivity index (χ0v) is 12.6. The molecule has 1 saturated heterocycles. The highest BCUT2D eigenvalue weighted by Crippen LogP contribution is 2.28. The summed E-state index contributed by atoms with van der Waals surface area (Å²) in [5, 5.41) is 11.2. The topological polar surface area (TPSA) is 82.1 Å². The number of carboxylic acid groups (broad SMARTS) is 1. The summed E-state index contributed by atoms with van der Waals surface area (Å²) in [6, 6.07) is 7.60. The number of amides is 2. The number of para-hydroxylation sites is 2. The summed E-state index contributed by atoms with van der Waals surface area (Å²) in [5.74, 6) is -0.0943. The van der Waals surface area contributed by atoms with Gasteiger partial charge in [0, 0.05) is 32.7 Å². The smallest absolute Gasteiger partial charge is 0.317 e. The van der Waals surface area contributed by atoms with Crippen LogP contribution in [0.15, 0.2) is 24.3 Å². The van der Waals surface area contributed by atoms with Gasteiger partial charge in [-0.15, -0.1) is 0 Å². The first-order valence-electron chi connectivity index (χ1n) is 7.24. The molecule has 2 N–H and O–H groups in total. The van der Waals surface area contributed by atoms with E-state index in [4.69, 9.17) is 9.84 Å². The molecule has 0 aliphatic carbocycles. The lowest BCUT2D eigenvalue weighted by molar-refractivity contribution is -0.136. The van der Waals surface area contributed by atoms with E-state index in [2.05, 4.69) is 10.2 Å². The zero-order chi connectivity index (χ0) is 15.9. The first-order chi connectivity index (χ1) is 10.6. The summed E-state index contributed by atoms with van der Waals surface area (Å²) in [7, 11) is 1.64. The summed E-state index contributed by atoms with van der Waals surface area (Å²) in [5.41, 5.74) is 1.02. The Bertz CT molecular complexity index is 527. The molecule has 0 unspecified atom stereocenters.